The molecule has 1 unspecified atom stereocenters. The van der Waals surface area contributed by atoms with E-state index in [4.69, 9.17) is 5.11 Å². The van der Waals surface area contributed by atoms with Crippen LogP contribution in [0.15, 0.2) is 73.2 Å². The molecule has 0 saturated carbocycles. The molecule has 0 radical (unpaired) electrons. The summed E-state index contributed by atoms with van der Waals surface area (Å²) in [5, 5.41) is 24.6. The van der Waals surface area contributed by atoms with E-state index in [2.05, 4.69) is 31.1 Å². The number of nitrogens with zero attached hydrogens (tertiary/aromatic N) is 3. The maximum absolute atomic E-state index is 13.6. The van der Waals surface area contributed by atoms with Gasteiger partial charge in [0.25, 0.3) is 11.8 Å². The third-order valence-corrected chi connectivity index (χ3v) is 6.79. The highest BCUT2D eigenvalue weighted by Gasteiger charge is 2.32. The van der Waals surface area contributed by atoms with Crippen molar-refractivity contribution in [1.29, 1.82) is 0 Å². The van der Waals surface area contributed by atoms with Gasteiger partial charge in [-0.25, -0.2) is 4.98 Å². The van der Waals surface area contributed by atoms with E-state index in [9.17, 15) is 27.6 Å². The van der Waals surface area contributed by atoms with E-state index in [0.29, 0.717) is 34.5 Å². The lowest BCUT2D eigenvalue weighted by molar-refractivity contribution is -0.139. The zero-order valence-corrected chi connectivity index (χ0v) is 23.4. The number of imidazole rings is 1. The second kappa shape index (κ2) is 11.9. The number of rotatable bonds is 9. The number of aromatic nitrogens is 4. The van der Waals surface area contributed by atoms with Crippen LogP contribution in [0.25, 0.3) is 16.6 Å². The van der Waals surface area contributed by atoms with Crippen molar-refractivity contribution in [3.8, 4) is 5.69 Å². The van der Waals surface area contributed by atoms with Crippen molar-refractivity contribution in [3.63, 3.8) is 0 Å². The van der Waals surface area contributed by atoms with Crippen LogP contribution in [0.4, 0.5) is 24.5 Å². The van der Waals surface area contributed by atoms with Gasteiger partial charge in [-0.1, -0.05) is 12.1 Å². The van der Waals surface area contributed by atoms with E-state index >= 15 is 0 Å². The molecule has 0 saturated heterocycles. The molecule has 5 N–H and O–H groups in total. The fraction of sp³-hybridized carbons (Fsp3) is 0.167. The zero-order valence-electron chi connectivity index (χ0n) is 23.4. The lowest BCUT2D eigenvalue weighted by atomic mass is 10.1. The summed E-state index contributed by atoms with van der Waals surface area (Å²) in [6, 6.07) is 14.1. The number of halogens is 3. The molecule has 0 bridgehead atoms. The van der Waals surface area contributed by atoms with Gasteiger partial charge in [0.05, 0.1) is 17.4 Å². The van der Waals surface area contributed by atoms with E-state index in [1.54, 1.807) is 43.3 Å². The van der Waals surface area contributed by atoms with Crippen molar-refractivity contribution in [2.45, 2.75) is 32.6 Å². The van der Waals surface area contributed by atoms with Crippen molar-refractivity contribution < 1.29 is 32.7 Å². The second-order valence-corrected chi connectivity index (χ2v) is 10.0. The number of aryl methyl sites for hydroxylation is 1. The van der Waals surface area contributed by atoms with Crippen LogP contribution in [0.5, 0.6) is 0 Å². The molecule has 226 valence electrons. The summed E-state index contributed by atoms with van der Waals surface area (Å²) in [6.07, 6.45) is -1.77. The second-order valence-electron chi connectivity index (χ2n) is 10.0. The number of benzene rings is 3. The van der Waals surface area contributed by atoms with E-state index in [1.807, 2.05) is 6.07 Å². The molecule has 5 rings (SSSR count). The van der Waals surface area contributed by atoms with Gasteiger partial charge in [0.1, 0.15) is 6.04 Å². The minimum Gasteiger partial charge on any atom is -0.480 e. The summed E-state index contributed by atoms with van der Waals surface area (Å²) in [5.41, 5.74) is 2.12. The van der Waals surface area contributed by atoms with Crippen LogP contribution >= 0.6 is 0 Å². The highest BCUT2D eigenvalue weighted by Crippen LogP contribution is 2.32. The largest absolute Gasteiger partial charge is 0.480 e. The first-order valence-corrected chi connectivity index (χ1v) is 13.3. The Hall–Kier alpha value is -5.66. The molecule has 0 aliphatic heterocycles. The summed E-state index contributed by atoms with van der Waals surface area (Å²) < 4.78 is 42.4. The van der Waals surface area contributed by atoms with Crippen LogP contribution in [0.3, 0.4) is 0 Å². The highest BCUT2D eigenvalue weighted by molar-refractivity contribution is 6.06. The Morgan fingerprint density at radius 3 is 2.52 bits per heavy atom. The van der Waals surface area contributed by atoms with E-state index in [-0.39, 0.29) is 16.9 Å². The number of nitrogens with one attached hydrogen (secondary N) is 4. The van der Waals surface area contributed by atoms with Gasteiger partial charge in [-0.2, -0.15) is 18.3 Å². The third kappa shape index (κ3) is 6.53. The number of carbonyl (C=O) groups is 3. The Bertz CT molecular complexity index is 1880. The lowest BCUT2D eigenvalue weighted by Crippen LogP contribution is -2.38. The number of carboxylic acid groups (broad SMARTS) is 1. The molecule has 1 atom stereocenters. The van der Waals surface area contributed by atoms with Gasteiger partial charge < -0.3 is 25.6 Å². The minimum absolute atomic E-state index is 0.0659. The number of hydrogen-bond acceptors (Lipinski definition) is 6. The van der Waals surface area contributed by atoms with E-state index in [1.165, 1.54) is 30.1 Å². The number of aromatic amines is 1. The first-order chi connectivity index (χ1) is 20.9. The zero-order chi connectivity index (χ0) is 31.6. The predicted octanol–water partition coefficient (Wildman–Crippen LogP) is 5.14. The third-order valence-electron chi connectivity index (χ3n) is 6.79. The molecule has 2 heterocycles. The van der Waals surface area contributed by atoms with Crippen LogP contribution in [0, 0.1) is 6.92 Å². The van der Waals surface area contributed by atoms with Crippen LogP contribution in [-0.2, 0) is 17.5 Å². The average Bonchev–Trinajstić information content (AvgIpc) is 3.61. The predicted molar refractivity (Wildman–Crippen MR) is 156 cm³/mol. The first-order valence-electron chi connectivity index (χ1n) is 13.3. The standard InChI is InChI=1S/C30H26F3N7O4/c1-16-13-34-15-40(16)23-10-19(9-20(11-23)30(31,32)33)27(41)37-22-5-3-4-18(8-22)14-35-21-6-7-24-25(12-21)38-39-26(24)28(42)36-17(2)29(43)44/h3-13,15,17,35H,14H2,1-2H3,(H,36,42)(H,37,41)(H,38,39)(H,43,44). The molecule has 14 heteroatoms. The molecule has 0 spiro atoms. The van der Waals surface area contributed by atoms with Gasteiger partial charge in [0.15, 0.2) is 5.69 Å². The normalized spacial score (nSPS) is 12.1. The minimum atomic E-state index is -4.66. The number of hydrogen-bond donors (Lipinski definition) is 5. The van der Waals surface area contributed by atoms with E-state index < -0.39 is 35.6 Å². The topological polar surface area (TPSA) is 154 Å². The molecule has 11 nitrogen and oxygen atoms in total. The van der Waals surface area contributed by atoms with Crippen molar-refractivity contribution in [2.24, 2.45) is 0 Å². The van der Waals surface area contributed by atoms with Crippen molar-refractivity contribution in [1.82, 2.24) is 25.1 Å². The quantitative estimate of drug-likeness (QED) is 0.156. The number of H-pyrrole nitrogens is 1. The Morgan fingerprint density at radius 2 is 1.82 bits per heavy atom. The van der Waals surface area contributed by atoms with E-state index in [0.717, 1.165) is 17.7 Å². The van der Waals surface area contributed by atoms with Gasteiger partial charge in [-0.3, -0.25) is 19.5 Å². The van der Waals surface area contributed by atoms with Crippen LogP contribution in [0.1, 0.15) is 44.6 Å². The van der Waals surface area contributed by atoms with Gasteiger partial charge >= 0.3 is 12.1 Å². The number of alkyl halides is 3. The molecule has 2 aromatic heterocycles. The fourth-order valence-electron chi connectivity index (χ4n) is 4.47. The van der Waals surface area contributed by atoms with Crippen LogP contribution < -0.4 is 16.0 Å². The number of amides is 2. The molecule has 0 aliphatic carbocycles. The number of fused-ring (bicyclic) bond motifs is 1. The van der Waals surface area contributed by atoms with Crippen LogP contribution in [0.2, 0.25) is 0 Å². The van der Waals surface area contributed by atoms with Gasteiger partial charge in [-0.05, 0) is 67.9 Å². The molecule has 5 aromatic rings. The SMILES string of the molecule is Cc1cncn1-c1cc(C(=O)Nc2cccc(CNc3ccc4c(C(=O)NC(C)C(=O)O)n[nH]c4c3)c2)cc(C(F)(F)F)c1. The average molecular weight is 606 g/mol. The summed E-state index contributed by atoms with van der Waals surface area (Å²) in [7, 11) is 0. The summed E-state index contributed by atoms with van der Waals surface area (Å²) in [4.78, 5) is 40.5. The van der Waals surface area contributed by atoms with Gasteiger partial charge in [0.2, 0.25) is 0 Å². The number of carbonyl (C=O) groups excluding carboxylic acids is 2. The molecule has 0 fully saturated rings. The number of aliphatic carboxylic acids is 1. The van der Waals surface area contributed by atoms with Crippen molar-refractivity contribution in [3.05, 3.63) is 101 Å². The molecule has 0 aliphatic rings. The molecule has 2 amide bonds. The van der Waals surface area contributed by atoms with Crippen LogP contribution in [-0.4, -0.2) is 48.7 Å². The molecular formula is C30H26F3N7O4. The maximum atomic E-state index is 13.6. The Kier molecular flexibility index (Phi) is 8.07. The fourth-order valence-corrected chi connectivity index (χ4v) is 4.47. The Balaban J connectivity index is 1.28. The first kappa shape index (κ1) is 29.8. The van der Waals surface area contributed by atoms with Crippen molar-refractivity contribution >= 4 is 40.1 Å². The highest BCUT2D eigenvalue weighted by atomic mass is 19.4. The molecular weight excluding hydrogens is 579 g/mol. The summed E-state index contributed by atoms with van der Waals surface area (Å²) in [6.45, 7) is 3.38. The number of anilines is 2. The summed E-state index contributed by atoms with van der Waals surface area (Å²) in [5.74, 6) is -2.50. The summed E-state index contributed by atoms with van der Waals surface area (Å²) >= 11 is 0. The molecule has 3 aromatic carbocycles. The van der Waals surface area contributed by atoms with Crippen molar-refractivity contribution in [2.75, 3.05) is 10.6 Å². The maximum Gasteiger partial charge on any atom is 0.416 e. The monoisotopic (exact) mass is 605 g/mol. The molecule has 44 heavy (non-hydrogen) atoms. The van der Waals surface area contributed by atoms with Gasteiger partial charge in [-0.15, -0.1) is 0 Å². The Labute approximate surface area is 248 Å². The van der Waals surface area contributed by atoms with Gasteiger partial charge in [0, 0.05) is 46.4 Å². The Morgan fingerprint density at radius 1 is 1.02 bits per heavy atom. The lowest BCUT2D eigenvalue weighted by Gasteiger charge is -2.14. The number of carboxylic acids is 1. The smallest absolute Gasteiger partial charge is 0.416 e.